The second-order valence-corrected chi connectivity index (χ2v) is 3.51. The van der Waals surface area contributed by atoms with Crippen molar-refractivity contribution in [1.82, 2.24) is 10.3 Å². The van der Waals surface area contributed by atoms with Crippen molar-refractivity contribution >= 4 is 12.4 Å². The van der Waals surface area contributed by atoms with E-state index in [1.165, 1.54) is 5.56 Å². The number of aromatic nitrogens is 1. The molecule has 1 aliphatic heterocycles. The Bertz CT molecular complexity index is 268. The maximum Gasteiger partial charge on any atom is 0.0584 e. The van der Waals surface area contributed by atoms with Crippen LogP contribution in [0.15, 0.2) is 24.5 Å². The minimum Gasteiger partial charge on any atom is -0.395 e. The van der Waals surface area contributed by atoms with Crippen LogP contribution in [0.4, 0.5) is 0 Å². The highest BCUT2D eigenvalue weighted by Gasteiger charge is 2.24. The van der Waals surface area contributed by atoms with Crippen LogP contribution in [0.1, 0.15) is 17.9 Å². The number of hydrogen-bond donors (Lipinski definition) is 2. The molecule has 2 heterocycles. The number of hydrogen-bond acceptors (Lipinski definition) is 3. The molecule has 1 aromatic rings. The quantitative estimate of drug-likeness (QED) is 0.771. The molecule has 0 bridgehead atoms. The predicted molar refractivity (Wildman–Crippen MR) is 57.7 cm³/mol. The van der Waals surface area contributed by atoms with Gasteiger partial charge in [0.1, 0.15) is 0 Å². The Morgan fingerprint density at radius 3 is 3.00 bits per heavy atom. The molecule has 78 valence electrons. The lowest BCUT2D eigenvalue weighted by molar-refractivity contribution is 0.254. The Hall–Kier alpha value is -0.640. The van der Waals surface area contributed by atoms with Crippen LogP contribution in [0.3, 0.4) is 0 Å². The fourth-order valence-electron chi connectivity index (χ4n) is 1.83. The fourth-order valence-corrected chi connectivity index (χ4v) is 1.83. The van der Waals surface area contributed by atoms with E-state index in [2.05, 4.69) is 16.4 Å². The number of nitrogens with zero attached hydrogens (tertiary/aromatic N) is 1. The lowest BCUT2D eigenvalue weighted by atomic mass is 9.98. The fraction of sp³-hybridized carbons (Fsp3) is 0.500. The minimum atomic E-state index is 0. The molecule has 0 saturated carbocycles. The summed E-state index contributed by atoms with van der Waals surface area (Å²) < 4.78 is 0. The Balaban J connectivity index is 0.000000980. The first-order chi connectivity index (χ1) is 6.40. The summed E-state index contributed by atoms with van der Waals surface area (Å²) in [5.74, 6) is 0.519. The van der Waals surface area contributed by atoms with Gasteiger partial charge in [0.2, 0.25) is 0 Å². The van der Waals surface area contributed by atoms with E-state index in [4.69, 9.17) is 5.11 Å². The standard InChI is InChI=1S/C10H14N2O.ClH/c13-7-10-4-9(6-12-10)8-2-1-3-11-5-8;/h1-3,5,9-10,12-13H,4,6-7H2;1H. The van der Waals surface area contributed by atoms with Gasteiger partial charge in [0.05, 0.1) is 6.61 Å². The zero-order chi connectivity index (χ0) is 9.10. The molecular formula is C10H15ClN2O. The number of pyridine rings is 1. The van der Waals surface area contributed by atoms with E-state index in [-0.39, 0.29) is 25.1 Å². The van der Waals surface area contributed by atoms with Crippen molar-refractivity contribution in [3.8, 4) is 0 Å². The highest BCUT2D eigenvalue weighted by Crippen LogP contribution is 2.24. The number of aliphatic hydroxyl groups is 1. The molecule has 2 atom stereocenters. The summed E-state index contributed by atoms with van der Waals surface area (Å²) in [6, 6.07) is 4.32. The Morgan fingerprint density at radius 2 is 2.43 bits per heavy atom. The third kappa shape index (κ3) is 2.44. The molecule has 0 spiro atoms. The number of halogens is 1. The van der Waals surface area contributed by atoms with Gasteiger partial charge < -0.3 is 10.4 Å². The van der Waals surface area contributed by atoms with Gasteiger partial charge >= 0.3 is 0 Å². The zero-order valence-electron chi connectivity index (χ0n) is 7.89. The lowest BCUT2D eigenvalue weighted by Gasteiger charge is -2.07. The van der Waals surface area contributed by atoms with Crippen molar-refractivity contribution < 1.29 is 5.11 Å². The van der Waals surface area contributed by atoms with Gasteiger partial charge in [-0.2, -0.15) is 0 Å². The minimum absolute atomic E-state index is 0. The summed E-state index contributed by atoms with van der Waals surface area (Å²) in [4.78, 5) is 4.09. The first-order valence-electron chi connectivity index (χ1n) is 4.64. The highest BCUT2D eigenvalue weighted by molar-refractivity contribution is 5.85. The Kier molecular flexibility index (Phi) is 4.32. The van der Waals surface area contributed by atoms with Crippen LogP contribution in [0.5, 0.6) is 0 Å². The first kappa shape index (κ1) is 11.4. The van der Waals surface area contributed by atoms with Crippen LogP contribution in [-0.4, -0.2) is 29.3 Å². The van der Waals surface area contributed by atoms with E-state index in [1.54, 1.807) is 6.20 Å². The van der Waals surface area contributed by atoms with Crippen LogP contribution >= 0.6 is 12.4 Å². The number of nitrogens with one attached hydrogen (secondary N) is 1. The van der Waals surface area contributed by atoms with Crippen molar-refractivity contribution in [3.63, 3.8) is 0 Å². The third-order valence-electron chi connectivity index (χ3n) is 2.60. The SMILES string of the molecule is Cl.OCC1CC(c2cccnc2)CN1. The van der Waals surface area contributed by atoms with Crippen LogP contribution < -0.4 is 5.32 Å². The van der Waals surface area contributed by atoms with Gasteiger partial charge in [-0.15, -0.1) is 12.4 Å². The van der Waals surface area contributed by atoms with Gasteiger partial charge in [0.25, 0.3) is 0 Å². The molecule has 2 N–H and O–H groups in total. The van der Waals surface area contributed by atoms with Crippen molar-refractivity contribution in [3.05, 3.63) is 30.1 Å². The predicted octanol–water partition coefficient (Wildman–Crippen LogP) is 0.941. The monoisotopic (exact) mass is 214 g/mol. The normalized spacial score (nSPS) is 25.8. The zero-order valence-corrected chi connectivity index (χ0v) is 8.70. The summed E-state index contributed by atoms with van der Waals surface area (Å²) in [6.45, 7) is 1.19. The van der Waals surface area contributed by atoms with E-state index in [1.807, 2.05) is 12.3 Å². The molecule has 4 heteroatoms. The molecule has 0 aliphatic carbocycles. The van der Waals surface area contributed by atoms with E-state index in [0.717, 1.165) is 13.0 Å². The second-order valence-electron chi connectivity index (χ2n) is 3.51. The second kappa shape index (κ2) is 5.29. The van der Waals surface area contributed by atoms with Crippen molar-refractivity contribution in [2.75, 3.05) is 13.2 Å². The lowest BCUT2D eigenvalue weighted by Crippen LogP contribution is -2.24. The number of aliphatic hydroxyl groups excluding tert-OH is 1. The molecule has 0 amide bonds. The van der Waals surface area contributed by atoms with Crippen molar-refractivity contribution in [1.29, 1.82) is 0 Å². The molecular weight excluding hydrogens is 200 g/mol. The van der Waals surface area contributed by atoms with Gasteiger partial charge in [-0.1, -0.05) is 6.07 Å². The third-order valence-corrected chi connectivity index (χ3v) is 2.60. The summed E-state index contributed by atoms with van der Waals surface area (Å²) in [5.41, 5.74) is 1.27. The van der Waals surface area contributed by atoms with Gasteiger partial charge in [-0.25, -0.2) is 0 Å². The summed E-state index contributed by atoms with van der Waals surface area (Å²) >= 11 is 0. The summed E-state index contributed by atoms with van der Waals surface area (Å²) in [6.07, 6.45) is 4.71. The molecule has 2 unspecified atom stereocenters. The molecule has 3 nitrogen and oxygen atoms in total. The first-order valence-corrected chi connectivity index (χ1v) is 4.64. The average molecular weight is 215 g/mol. The van der Waals surface area contributed by atoms with Gasteiger partial charge in [0, 0.05) is 25.0 Å². The van der Waals surface area contributed by atoms with E-state index >= 15 is 0 Å². The topological polar surface area (TPSA) is 45.2 Å². The largest absolute Gasteiger partial charge is 0.395 e. The average Bonchev–Trinajstić information content (AvgIpc) is 2.67. The molecule has 1 aliphatic rings. The molecule has 1 aromatic heterocycles. The number of rotatable bonds is 2. The molecule has 0 aromatic carbocycles. The molecule has 14 heavy (non-hydrogen) atoms. The van der Waals surface area contributed by atoms with E-state index in [9.17, 15) is 0 Å². The maximum atomic E-state index is 8.95. The van der Waals surface area contributed by atoms with Gasteiger partial charge in [-0.3, -0.25) is 4.98 Å². The summed E-state index contributed by atoms with van der Waals surface area (Å²) in [5, 5.41) is 12.2. The molecule has 1 fully saturated rings. The highest BCUT2D eigenvalue weighted by atomic mass is 35.5. The van der Waals surface area contributed by atoms with Crippen molar-refractivity contribution in [2.45, 2.75) is 18.4 Å². The maximum absolute atomic E-state index is 8.95. The van der Waals surface area contributed by atoms with Crippen LogP contribution in [0, 0.1) is 0 Å². The Morgan fingerprint density at radius 1 is 1.57 bits per heavy atom. The van der Waals surface area contributed by atoms with Crippen LogP contribution in [-0.2, 0) is 0 Å². The molecule has 1 saturated heterocycles. The van der Waals surface area contributed by atoms with Crippen LogP contribution in [0.2, 0.25) is 0 Å². The Labute approximate surface area is 90.0 Å². The van der Waals surface area contributed by atoms with Crippen LogP contribution in [0.25, 0.3) is 0 Å². The molecule has 2 rings (SSSR count). The van der Waals surface area contributed by atoms with Crippen molar-refractivity contribution in [2.24, 2.45) is 0 Å². The van der Waals surface area contributed by atoms with Gasteiger partial charge in [-0.05, 0) is 24.0 Å². The van der Waals surface area contributed by atoms with E-state index in [0.29, 0.717) is 5.92 Å². The summed E-state index contributed by atoms with van der Waals surface area (Å²) in [7, 11) is 0. The molecule has 0 radical (unpaired) electrons. The van der Waals surface area contributed by atoms with Gasteiger partial charge in [0.15, 0.2) is 0 Å². The van der Waals surface area contributed by atoms with E-state index < -0.39 is 0 Å². The smallest absolute Gasteiger partial charge is 0.0584 e.